The Labute approximate surface area is 113 Å². The van der Waals surface area contributed by atoms with Gasteiger partial charge in [-0.25, -0.2) is 0 Å². The average molecular weight is 293 g/mol. The van der Waals surface area contributed by atoms with Crippen LogP contribution in [0.5, 0.6) is 0 Å². The van der Waals surface area contributed by atoms with Crippen molar-refractivity contribution in [2.24, 2.45) is 11.5 Å². The maximum Gasteiger partial charge on any atom is 0.347 e. The molecule has 1 unspecified atom stereocenters. The Morgan fingerprint density at radius 1 is 1.37 bits per heavy atom. The highest BCUT2D eigenvalue weighted by atomic mass is 31.2. The smallest absolute Gasteiger partial charge is 0.330 e. The minimum Gasteiger partial charge on any atom is -0.330 e. The minimum atomic E-state index is -4.29. The van der Waals surface area contributed by atoms with Crippen LogP contribution in [0.15, 0.2) is 0 Å². The Kier molecular flexibility index (Phi) is 6.42. The molecule has 112 valence electrons. The summed E-state index contributed by atoms with van der Waals surface area (Å²) in [5.74, 6) is -1.36. The normalized spacial score (nSPS) is 22.3. The SMILES string of the molecule is NCCCC[C@H](N)C(=O)N1CCCCC1P(=O)(O)O. The lowest BCUT2D eigenvalue weighted by molar-refractivity contribution is -0.135. The average Bonchev–Trinajstić information content (AvgIpc) is 2.37. The highest BCUT2D eigenvalue weighted by Gasteiger charge is 2.39. The summed E-state index contributed by atoms with van der Waals surface area (Å²) in [6, 6.07) is -0.696. The summed E-state index contributed by atoms with van der Waals surface area (Å²) in [5.41, 5.74) is 11.2. The van der Waals surface area contributed by atoms with Crippen LogP contribution in [0, 0.1) is 0 Å². The van der Waals surface area contributed by atoms with Crippen molar-refractivity contribution in [3.8, 4) is 0 Å². The van der Waals surface area contributed by atoms with Crippen LogP contribution in [0.2, 0.25) is 0 Å². The van der Waals surface area contributed by atoms with E-state index in [4.69, 9.17) is 11.5 Å². The van der Waals surface area contributed by atoms with Crippen molar-refractivity contribution in [3.05, 3.63) is 0 Å². The topological polar surface area (TPSA) is 130 Å². The number of unbranched alkanes of at least 4 members (excludes halogenated alkanes) is 1. The summed E-state index contributed by atoms with van der Waals surface area (Å²) in [4.78, 5) is 32.1. The van der Waals surface area contributed by atoms with Crippen molar-refractivity contribution in [1.29, 1.82) is 0 Å². The van der Waals surface area contributed by atoms with Gasteiger partial charge in [0.15, 0.2) is 0 Å². The lowest BCUT2D eigenvalue weighted by Crippen LogP contribution is -2.50. The van der Waals surface area contributed by atoms with E-state index >= 15 is 0 Å². The molecular weight excluding hydrogens is 269 g/mol. The van der Waals surface area contributed by atoms with E-state index in [2.05, 4.69) is 0 Å². The summed E-state index contributed by atoms with van der Waals surface area (Å²) in [7, 11) is -4.29. The molecule has 6 N–H and O–H groups in total. The van der Waals surface area contributed by atoms with E-state index in [1.54, 1.807) is 0 Å². The van der Waals surface area contributed by atoms with Crippen LogP contribution in [0.1, 0.15) is 38.5 Å². The van der Waals surface area contributed by atoms with Gasteiger partial charge in [-0.1, -0.05) is 6.42 Å². The predicted octanol–water partition coefficient (Wildman–Crippen LogP) is -0.0410. The molecule has 7 nitrogen and oxygen atoms in total. The summed E-state index contributed by atoms with van der Waals surface area (Å²) >= 11 is 0. The molecule has 1 amide bonds. The molecule has 2 atom stereocenters. The molecule has 0 radical (unpaired) electrons. The second kappa shape index (κ2) is 7.36. The van der Waals surface area contributed by atoms with Gasteiger partial charge in [-0.2, -0.15) is 0 Å². The van der Waals surface area contributed by atoms with E-state index in [-0.39, 0.29) is 5.91 Å². The minimum absolute atomic E-state index is 0.339. The maximum atomic E-state index is 12.2. The molecule has 0 aromatic heterocycles. The molecule has 1 fully saturated rings. The van der Waals surface area contributed by atoms with E-state index in [1.807, 2.05) is 0 Å². The molecule has 1 rings (SSSR count). The second-order valence-corrected chi connectivity index (χ2v) is 6.76. The third kappa shape index (κ3) is 4.85. The van der Waals surface area contributed by atoms with E-state index in [1.165, 1.54) is 4.90 Å². The number of carbonyl (C=O) groups excluding carboxylic acids is 1. The van der Waals surface area contributed by atoms with Crippen LogP contribution in [0.3, 0.4) is 0 Å². The van der Waals surface area contributed by atoms with Gasteiger partial charge in [-0.15, -0.1) is 0 Å². The van der Waals surface area contributed by atoms with Crippen LogP contribution in [0.4, 0.5) is 0 Å². The summed E-state index contributed by atoms with van der Waals surface area (Å²) in [5, 5.41) is 0. The van der Waals surface area contributed by atoms with E-state index in [0.717, 1.165) is 25.7 Å². The zero-order chi connectivity index (χ0) is 14.5. The van der Waals surface area contributed by atoms with Crippen molar-refractivity contribution in [2.45, 2.75) is 50.3 Å². The molecule has 1 heterocycles. The van der Waals surface area contributed by atoms with Gasteiger partial charge in [0.2, 0.25) is 5.91 Å². The van der Waals surface area contributed by atoms with Gasteiger partial charge in [0.25, 0.3) is 0 Å². The van der Waals surface area contributed by atoms with Crippen molar-refractivity contribution >= 4 is 13.5 Å². The Morgan fingerprint density at radius 2 is 2.05 bits per heavy atom. The number of amides is 1. The molecule has 1 aliphatic heterocycles. The Morgan fingerprint density at radius 3 is 2.63 bits per heavy atom. The zero-order valence-corrected chi connectivity index (χ0v) is 12.0. The fourth-order valence-corrected chi connectivity index (χ4v) is 3.48. The van der Waals surface area contributed by atoms with Gasteiger partial charge in [0.1, 0.15) is 5.78 Å². The van der Waals surface area contributed by atoms with Crippen molar-refractivity contribution < 1.29 is 19.1 Å². The largest absolute Gasteiger partial charge is 0.347 e. The summed E-state index contributed by atoms with van der Waals surface area (Å²) in [6.07, 6.45) is 3.87. The number of nitrogens with two attached hydrogens (primary N) is 2. The molecule has 0 saturated carbocycles. The van der Waals surface area contributed by atoms with E-state index in [0.29, 0.717) is 25.9 Å². The van der Waals surface area contributed by atoms with Crippen molar-refractivity contribution in [3.63, 3.8) is 0 Å². The maximum absolute atomic E-state index is 12.2. The first-order chi connectivity index (χ1) is 8.88. The number of likely N-dealkylation sites (tertiary alicyclic amines) is 1. The van der Waals surface area contributed by atoms with E-state index < -0.39 is 19.4 Å². The number of rotatable bonds is 6. The number of hydrogen-bond donors (Lipinski definition) is 4. The number of piperidine rings is 1. The molecular formula is C11H24N3O4P. The fraction of sp³-hybridized carbons (Fsp3) is 0.909. The van der Waals surface area contributed by atoms with Gasteiger partial charge in [-0.05, 0) is 38.6 Å². The quantitative estimate of drug-likeness (QED) is 0.401. The van der Waals surface area contributed by atoms with Gasteiger partial charge in [0.05, 0.1) is 6.04 Å². The fourth-order valence-electron chi connectivity index (χ4n) is 2.37. The molecule has 0 aromatic carbocycles. The molecule has 0 aliphatic carbocycles. The Bertz CT molecular complexity index is 347. The van der Waals surface area contributed by atoms with Crippen LogP contribution < -0.4 is 11.5 Å². The summed E-state index contributed by atoms with van der Waals surface area (Å²) in [6.45, 7) is 0.926. The van der Waals surface area contributed by atoms with Crippen LogP contribution >= 0.6 is 7.60 Å². The van der Waals surface area contributed by atoms with Crippen molar-refractivity contribution in [2.75, 3.05) is 13.1 Å². The zero-order valence-electron chi connectivity index (χ0n) is 11.1. The van der Waals surface area contributed by atoms with Crippen LogP contribution in [0.25, 0.3) is 0 Å². The molecule has 1 aliphatic rings. The highest BCUT2D eigenvalue weighted by molar-refractivity contribution is 7.52. The predicted molar refractivity (Wildman–Crippen MR) is 72.3 cm³/mol. The third-order valence-electron chi connectivity index (χ3n) is 3.43. The first-order valence-corrected chi connectivity index (χ1v) is 8.37. The van der Waals surface area contributed by atoms with E-state index in [9.17, 15) is 19.1 Å². The Hall–Kier alpha value is -0.460. The van der Waals surface area contributed by atoms with Crippen molar-refractivity contribution in [1.82, 2.24) is 4.90 Å². The highest BCUT2D eigenvalue weighted by Crippen LogP contribution is 2.47. The Balaban J connectivity index is 2.64. The van der Waals surface area contributed by atoms with Gasteiger partial charge in [-0.3, -0.25) is 9.36 Å². The van der Waals surface area contributed by atoms with Gasteiger partial charge in [0, 0.05) is 6.54 Å². The van der Waals surface area contributed by atoms with Gasteiger partial charge >= 0.3 is 7.60 Å². The first-order valence-electron chi connectivity index (χ1n) is 6.69. The lowest BCUT2D eigenvalue weighted by Gasteiger charge is -2.37. The molecule has 0 aromatic rings. The molecule has 0 spiro atoms. The van der Waals surface area contributed by atoms with Crippen LogP contribution in [-0.2, 0) is 9.36 Å². The number of hydrogen-bond acceptors (Lipinski definition) is 4. The number of carbonyl (C=O) groups is 1. The lowest BCUT2D eigenvalue weighted by atomic mass is 10.1. The monoisotopic (exact) mass is 293 g/mol. The third-order valence-corrected chi connectivity index (χ3v) is 4.74. The first kappa shape index (κ1) is 16.6. The molecule has 19 heavy (non-hydrogen) atoms. The standard InChI is InChI=1S/C11H24N3O4P/c12-7-3-1-5-9(13)11(15)14-8-4-2-6-10(14)19(16,17)18/h9-10H,1-8,12-13H2,(H2,16,17,18)/t9-,10?/m0/s1. The molecule has 8 heteroatoms. The van der Waals surface area contributed by atoms with Gasteiger partial charge < -0.3 is 26.2 Å². The van der Waals surface area contributed by atoms with Crippen LogP contribution in [-0.4, -0.2) is 45.5 Å². The second-order valence-electron chi connectivity index (χ2n) is 4.99. The molecule has 1 saturated heterocycles. The molecule has 0 bridgehead atoms. The summed E-state index contributed by atoms with van der Waals surface area (Å²) < 4.78 is 11.4. The number of nitrogens with zero attached hydrogens (tertiary/aromatic N) is 1.